The summed E-state index contributed by atoms with van der Waals surface area (Å²) in [5, 5.41) is 20.6. The van der Waals surface area contributed by atoms with Crippen molar-refractivity contribution in [2.75, 3.05) is 6.61 Å². The number of hydrogen-bond acceptors (Lipinski definition) is 5. The molecule has 1 aromatic carbocycles. The summed E-state index contributed by atoms with van der Waals surface area (Å²) in [6.07, 6.45) is 3.71. The van der Waals surface area contributed by atoms with Crippen LogP contribution in [-0.2, 0) is 7.05 Å². The molecule has 0 radical (unpaired) electrons. The van der Waals surface area contributed by atoms with Gasteiger partial charge >= 0.3 is 0 Å². The van der Waals surface area contributed by atoms with Crippen LogP contribution in [0.2, 0.25) is 0 Å². The summed E-state index contributed by atoms with van der Waals surface area (Å²) in [5.74, 6) is -0.542. The minimum absolute atomic E-state index is 0.0404. The fraction of sp³-hybridized carbons (Fsp3) is 0.300. The lowest BCUT2D eigenvalue weighted by Gasteiger charge is -2.15. The molecule has 1 amide bonds. The average molecular weight is 381 g/mol. The molecule has 0 aliphatic rings. The highest BCUT2D eigenvalue weighted by molar-refractivity contribution is 5.95. The van der Waals surface area contributed by atoms with E-state index in [0.717, 1.165) is 11.1 Å². The van der Waals surface area contributed by atoms with Crippen molar-refractivity contribution >= 4 is 5.91 Å². The van der Waals surface area contributed by atoms with Crippen molar-refractivity contribution in [3.05, 3.63) is 64.2 Å². The van der Waals surface area contributed by atoms with Crippen molar-refractivity contribution in [1.29, 1.82) is 0 Å². The number of aromatic nitrogens is 4. The zero-order valence-corrected chi connectivity index (χ0v) is 16.1. The SMILES string of the molecule is CC[C@@H](CO)NC(=O)c1cc(-c2ccc(C)cc2)nn(-c2cnn(C)c2)c1=O. The van der Waals surface area contributed by atoms with Gasteiger partial charge in [-0.05, 0) is 19.4 Å². The van der Waals surface area contributed by atoms with Crippen molar-refractivity contribution in [2.24, 2.45) is 7.05 Å². The maximum atomic E-state index is 13.0. The highest BCUT2D eigenvalue weighted by atomic mass is 16.3. The van der Waals surface area contributed by atoms with Gasteiger partial charge in [-0.1, -0.05) is 36.8 Å². The van der Waals surface area contributed by atoms with Gasteiger partial charge in [0, 0.05) is 12.6 Å². The molecule has 8 heteroatoms. The molecule has 0 aliphatic carbocycles. The monoisotopic (exact) mass is 381 g/mol. The zero-order valence-electron chi connectivity index (χ0n) is 16.1. The van der Waals surface area contributed by atoms with Gasteiger partial charge in [0.1, 0.15) is 11.3 Å². The molecule has 2 N–H and O–H groups in total. The maximum Gasteiger partial charge on any atom is 0.284 e. The van der Waals surface area contributed by atoms with E-state index < -0.39 is 17.5 Å². The van der Waals surface area contributed by atoms with Gasteiger partial charge in [-0.2, -0.15) is 14.9 Å². The van der Waals surface area contributed by atoms with Crippen molar-refractivity contribution in [3.63, 3.8) is 0 Å². The number of amides is 1. The Hall–Kier alpha value is -3.26. The Morgan fingerprint density at radius 1 is 1.29 bits per heavy atom. The third-order valence-electron chi connectivity index (χ3n) is 4.49. The normalized spacial score (nSPS) is 12.0. The molecular formula is C20H23N5O3. The molecule has 2 aromatic heterocycles. The largest absolute Gasteiger partial charge is 0.394 e. The van der Waals surface area contributed by atoms with E-state index in [9.17, 15) is 14.7 Å². The second-order valence-electron chi connectivity index (χ2n) is 6.66. The average Bonchev–Trinajstić information content (AvgIpc) is 3.12. The second-order valence-corrected chi connectivity index (χ2v) is 6.66. The highest BCUT2D eigenvalue weighted by Gasteiger charge is 2.20. The van der Waals surface area contributed by atoms with Crippen LogP contribution in [0.5, 0.6) is 0 Å². The van der Waals surface area contributed by atoms with Crippen LogP contribution >= 0.6 is 0 Å². The van der Waals surface area contributed by atoms with Crippen LogP contribution in [-0.4, -0.2) is 43.2 Å². The van der Waals surface area contributed by atoms with Crippen LogP contribution < -0.4 is 10.9 Å². The number of aryl methyl sites for hydroxylation is 2. The molecule has 0 saturated heterocycles. The van der Waals surface area contributed by atoms with Crippen molar-refractivity contribution in [1.82, 2.24) is 24.9 Å². The molecule has 0 aliphatic heterocycles. The van der Waals surface area contributed by atoms with E-state index in [-0.39, 0.29) is 12.2 Å². The van der Waals surface area contributed by atoms with E-state index in [1.165, 1.54) is 16.9 Å². The van der Waals surface area contributed by atoms with Gasteiger partial charge in [0.25, 0.3) is 11.5 Å². The van der Waals surface area contributed by atoms with E-state index in [1.54, 1.807) is 17.9 Å². The molecule has 0 saturated carbocycles. The summed E-state index contributed by atoms with van der Waals surface area (Å²) in [5.41, 5.74) is 2.24. The lowest BCUT2D eigenvalue weighted by molar-refractivity contribution is 0.0913. The first-order valence-corrected chi connectivity index (χ1v) is 9.05. The lowest BCUT2D eigenvalue weighted by atomic mass is 10.1. The number of hydrogen-bond donors (Lipinski definition) is 2. The Morgan fingerprint density at radius 3 is 2.57 bits per heavy atom. The van der Waals surface area contributed by atoms with Gasteiger partial charge in [-0.15, -0.1) is 0 Å². The van der Waals surface area contributed by atoms with Gasteiger partial charge in [0.2, 0.25) is 0 Å². The zero-order chi connectivity index (χ0) is 20.3. The van der Waals surface area contributed by atoms with Crippen LogP contribution in [0, 0.1) is 6.92 Å². The quantitative estimate of drug-likeness (QED) is 0.673. The molecule has 8 nitrogen and oxygen atoms in total. The molecule has 146 valence electrons. The fourth-order valence-electron chi connectivity index (χ4n) is 2.76. The van der Waals surface area contributed by atoms with Gasteiger partial charge < -0.3 is 10.4 Å². The van der Waals surface area contributed by atoms with Gasteiger partial charge in [-0.25, -0.2) is 0 Å². The third kappa shape index (κ3) is 4.01. The molecule has 0 bridgehead atoms. The van der Waals surface area contributed by atoms with E-state index in [4.69, 9.17) is 0 Å². The van der Waals surface area contributed by atoms with Gasteiger partial charge in [-0.3, -0.25) is 14.3 Å². The second kappa shape index (κ2) is 8.18. The number of nitrogens with one attached hydrogen (secondary N) is 1. The summed E-state index contributed by atoms with van der Waals surface area (Å²) >= 11 is 0. The molecule has 0 spiro atoms. The Morgan fingerprint density at radius 2 is 2.00 bits per heavy atom. The number of benzene rings is 1. The van der Waals surface area contributed by atoms with Crippen molar-refractivity contribution < 1.29 is 9.90 Å². The number of rotatable bonds is 6. The van der Waals surface area contributed by atoms with Crippen LogP contribution in [0.15, 0.2) is 47.5 Å². The topological polar surface area (TPSA) is 102 Å². The summed E-state index contributed by atoms with van der Waals surface area (Å²) < 4.78 is 2.73. The van der Waals surface area contributed by atoms with E-state index in [1.807, 2.05) is 38.1 Å². The first kappa shape index (κ1) is 19.5. The number of carbonyl (C=O) groups excluding carboxylic acids is 1. The molecule has 0 fully saturated rings. The van der Waals surface area contributed by atoms with Crippen molar-refractivity contribution in [2.45, 2.75) is 26.3 Å². The summed E-state index contributed by atoms with van der Waals surface area (Å²) in [4.78, 5) is 25.7. The summed E-state index contributed by atoms with van der Waals surface area (Å²) in [7, 11) is 1.74. The predicted octanol–water partition coefficient (Wildman–Crippen LogP) is 1.44. The Kier molecular flexibility index (Phi) is 5.70. The molecule has 1 atom stereocenters. The molecular weight excluding hydrogens is 358 g/mol. The van der Waals surface area contributed by atoms with E-state index in [0.29, 0.717) is 17.8 Å². The van der Waals surface area contributed by atoms with E-state index in [2.05, 4.69) is 15.5 Å². The highest BCUT2D eigenvalue weighted by Crippen LogP contribution is 2.18. The Bertz CT molecular complexity index is 1030. The Balaban J connectivity index is 2.14. The maximum absolute atomic E-state index is 13.0. The number of aliphatic hydroxyl groups excluding tert-OH is 1. The first-order valence-electron chi connectivity index (χ1n) is 9.05. The summed E-state index contributed by atoms with van der Waals surface area (Å²) in [6.45, 7) is 3.63. The number of carbonyl (C=O) groups is 1. The third-order valence-corrected chi connectivity index (χ3v) is 4.49. The lowest BCUT2D eigenvalue weighted by Crippen LogP contribution is -2.40. The van der Waals surface area contributed by atoms with Crippen molar-refractivity contribution in [3.8, 4) is 16.9 Å². The summed E-state index contributed by atoms with van der Waals surface area (Å²) in [6, 6.07) is 8.72. The molecule has 3 rings (SSSR count). The van der Waals surface area contributed by atoms with E-state index >= 15 is 0 Å². The number of nitrogens with zero attached hydrogens (tertiary/aromatic N) is 4. The van der Waals surface area contributed by atoms with Gasteiger partial charge in [0.05, 0.1) is 30.7 Å². The standard InChI is InChI=1S/C20H23N5O3/c1-4-15(12-26)22-19(27)17-9-18(14-7-5-13(2)6-8-14)23-25(20(17)28)16-10-21-24(3)11-16/h5-11,15,26H,4,12H2,1-3H3,(H,22,27)/t15-/m0/s1. The molecule has 3 aromatic rings. The minimum Gasteiger partial charge on any atom is -0.394 e. The van der Waals surface area contributed by atoms with Crippen LogP contribution in [0.3, 0.4) is 0 Å². The molecule has 0 unspecified atom stereocenters. The number of aliphatic hydroxyl groups is 1. The minimum atomic E-state index is -0.547. The van der Waals surface area contributed by atoms with Crippen LogP contribution in [0.25, 0.3) is 16.9 Å². The molecule has 28 heavy (non-hydrogen) atoms. The van der Waals surface area contributed by atoms with Crippen LogP contribution in [0.1, 0.15) is 29.3 Å². The van der Waals surface area contributed by atoms with Crippen LogP contribution in [0.4, 0.5) is 0 Å². The predicted molar refractivity (Wildman–Crippen MR) is 105 cm³/mol. The fourth-order valence-corrected chi connectivity index (χ4v) is 2.76. The first-order chi connectivity index (χ1) is 13.4. The Labute approximate surface area is 162 Å². The molecule has 2 heterocycles. The smallest absolute Gasteiger partial charge is 0.284 e. The van der Waals surface area contributed by atoms with Gasteiger partial charge in [0.15, 0.2) is 0 Å².